The van der Waals surface area contributed by atoms with Crippen molar-refractivity contribution in [3.63, 3.8) is 0 Å². The van der Waals surface area contributed by atoms with Crippen molar-refractivity contribution in [2.75, 3.05) is 0 Å². The van der Waals surface area contributed by atoms with Crippen LogP contribution in [0.1, 0.15) is 0 Å². The topological polar surface area (TPSA) is 18.7 Å². The van der Waals surface area contributed by atoms with Crippen LogP contribution in [0.25, 0.3) is 77.7 Å². The SMILES string of the molecule is c1ccc(-n2c3cc(-c4ccc5c(c4)n4c6ccccc6cc4n5-c4ccccc4)ccc3n3c4ccccc4cc23)cc1. The minimum atomic E-state index is 1.16. The first-order valence-corrected chi connectivity index (χ1v) is 15.0. The van der Waals surface area contributed by atoms with Gasteiger partial charge in [0.2, 0.25) is 0 Å². The van der Waals surface area contributed by atoms with Crippen molar-refractivity contribution in [3.8, 4) is 22.5 Å². The first kappa shape index (κ1) is 23.6. The third-order valence-corrected chi connectivity index (χ3v) is 9.12. The summed E-state index contributed by atoms with van der Waals surface area (Å²) in [6.07, 6.45) is 0. The van der Waals surface area contributed by atoms with Crippen LogP contribution < -0.4 is 0 Å². The van der Waals surface area contributed by atoms with Gasteiger partial charge >= 0.3 is 0 Å². The Balaban J connectivity index is 1.26. The molecule has 10 aromatic rings. The lowest BCUT2D eigenvalue weighted by Crippen LogP contribution is -1.93. The highest BCUT2D eigenvalue weighted by Crippen LogP contribution is 2.37. The highest BCUT2D eigenvalue weighted by atomic mass is 15.1. The molecule has 0 amide bonds. The number of benzene rings is 6. The molecule has 4 heterocycles. The summed E-state index contributed by atoms with van der Waals surface area (Å²) in [5.74, 6) is 0. The molecule has 10 rings (SSSR count). The lowest BCUT2D eigenvalue weighted by atomic mass is 10.0. The van der Waals surface area contributed by atoms with Crippen LogP contribution in [0.15, 0.2) is 158 Å². The molecule has 0 spiro atoms. The van der Waals surface area contributed by atoms with Crippen molar-refractivity contribution in [2.24, 2.45) is 0 Å². The fraction of sp³-hybridized carbons (Fsp3) is 0. The van der Waals surface area contributed by atoms with Gasteiger partial charge in [-0.15, -0.1) is 0 Å². The molecule has 4 heteroatoms. The van der Waals surface area contributed by atoms with Gasteiger partial charge in [-0.1, -0.05) is 84.9 Å². The Morgan fingerprint density at radius 3 is 1.34 bits per heavy atom. The van der Waals surface area contributed by atoms with Gasteiger partial charge in [-0.2, -0.15) is 0 Å². The minimum Gasteiger partial charge on any atom is -0.294 e. The van der Waals surface area contributed by atoms with Crippen LogP contribution in [0.5, 0.6) is 0 Å². The molecule has 0 aliphatic rings. The van der Waals surface area contributed by atoms with Crippen molar-refractivity contribution in [3.05, 3.63) is 158 Å². The number of aromatic nitrogens is 4. The third kappa shape index (κ3) is 3.17. The molecular formula is C40H26N4. The van der Waals surface area contributed by atoms with E-state index in [1.165, 1.54) is 66.3 Å². The van der Waals surface area contributed by atoms with E-state index in [4.69, 9.17) is 0 Å². The van der Waals surface area contributed by atoms with Crippen molar-refractivity contribution in [2.45, 2.75) is 0 Å². The zero-order valence-corrected chi connectivity index (χ0v) is 23.8. The molecule has 6 aromatic carbocycles. The molecule has 0 aliphatic heterocycles. The van der Waals surface area contributed by atoms with E-state index in [2.05, 4.69) is 176 Å². The van der Waals surface area contributed by atoms with Gasteiger partial charge in [0.1, 0.15) is 11.3 Å². The number of imidazole rings is 2. The van der Waals surface area contributed by atoms with Gasteiger partial charge in [0.25, 0.3) is 0 Å². The number of hydrogen-bond acceptors (Lipinski definition) is 0. The van der Waals surface area contributed by atoms with E-state index in [1.807, 2.05) is 0 Å². The Hall–Kier alpha value is -6.00. The fourth-order valence-electron chi connectivity index (χ4n) is 7.20. The van der Waals surface area contributed by atoms with E-state index in [0.29, 0.717) is 0 Å². The van der Waals surface area contributed by atoms with E-state index >= 15 is 0 Å². The number of nitrogens with zero attached hydrogens (tertiary/aromatic N) is 4. The van der Waals surface area contributed by atoms with Crippen LogP contribution in [-0.2, 0) is 0 Å². The molecule has 0 aliphatic carbocycles. The van der Waals surface area contributed by atoms with Crippen LogP contribution >= 0.6 is 0 Å². The highest BCUT2D eigenvalue weighted by molar-refractivity contribution is 6.00. The minimum absolute atomic E-state index is 1.16. The maximum absolute atomic E-state index is 2.41. The van der Waals surface area contributed by atoms with E-state index < -0.39 is 0 Å². The molecule has 0 N–H and O–H groups in total. The van der Waals surface area contributed by atoms with Crippen LogP contribution in [0.3, 0.4) is 0 Å². The van der Waals surface area contributed by atoms with Gasteiger partial charge in [0, 0.05) is 22.1 Å². The Morgan fingerprint density at radius 2 is 0.750 bits per heavy atom. The smallest absolute Gasteiger partial charge is 0.123 e. The zero-order valence-electron chi connectivity index (χ0n) is 23.8. The lowest BCUT2D eigenvalue weighted by molar-refractivity contribution is 1.15. The lowest BCUT2D eigenvalue weighted by Gasteiger charge is -2.09. The second-order valence-corrected chi connectivity index (χ2v) is 11.5. The van der Waals surface area contributed by atoms with Crippen molar-refractivity contribution in [1.29, 1.82) is 0 Å². The van der Waals surface area contributed by atoms with E-state index in [9.17, 15) is 0 Å². The number of hydrogen-bond donors (Lipinski definition) is 0. The predicted molar refractivity (Wildman–Crippen MR) is 182 cm³/mol. The van der Waals surface area contributed by atoms with Gasteiger partial charge in [0.05, 0.1) is 33.1 Å². The quantitative estimate of drug-likeness (QED) is 0.204. The molecular weight excluding hydrogens is 536 g/mol. The fourth-order valence-corrected chi connectivity index (χ4v) is 7.20. The van der Waals surface area contributed by atoms with Crippen molar-refractivity contribution in [1.82, 2.24) is 17.9 Å². The van der Waals surface area contributed by atoms with E-state index in [0.717, 1.165) is 11.4 Å². The zero-order chi connectivity index (χ0) is 28.8. The molecule has 0 fully saturated rings. The molecule has 0 unspecified atom stereocenters. The van der Waals surface area contributed by atoms with Crippen LogP contribution in [0.2, 0.25) is 0 Å². The number of rotatable bonds is 3. The summed E-state index contributed by atoms with van der Waals surface area (Å²) in [7, 11) is 0. The van der Waals surface area contributed by atoms with Gasteiger partial charge in [0.15, 0.2) is 0 Å². The van der Waals surface area contributed by atoms with Gasteiger partial charge in [-0.3, -0.25) is 17.9 Å². The molecule has 4 nitrogen and oxygen atoms in total. The summed E-state index contributed by atoms with van der Waals surface area (Å²) in [6.45, 7) is 0. The summed E-state index contributed by atoms with van der Waals surface area (Å²) in [5, 5.41) is 2.49. The summed E-state index contributed by atoms with van der Waals surface area (Å²) in [5.41, 5.74) is 14.2. The average Bonchev–Trinajstić information content (AvgIpc) is 3.81. The first-order chi connectivity index (χ1) is 21.8. The molecule has 44 heavy (non-hydrogen) atoms. The van der Waals surface area contributed by atoms with Gasteiger partial charge in [-0.25, -0.2) is 0 Å². The van der Waals surface area contributed by atoms with Crippen molar-refractivity contribution >= 4 is 55.2 Å². The van der Waals surface area contributed by atoms with E-state index in [1.54, 1.807) is 0 Å². The molecule has 0 radical (unpaired) electrons. The predicted octanol–water partition coefficient (Wildman–Crippen LogP) is 10.1. The maximum Gasteiger partial charge on any atom is 0.123 e. The maximum atomic E-state index is 2.41. The summed E-state index contributed by atoms with van der Waals surface area (Å²) in [6, 6.07) is 57.0. The summed E-state index contributed by atoms with van der Waals surface area (Å²) in [4.78, 5) is 0. The van der Waals surface area contributed by atoms with Gasteiger partial charge < -0.3 is 0 Å². The monoisotopic (exact) mass is 562 g/mol. The second kappa shape index (κ2) is 8.76. The standard InChI is InChI=1S/C40H26N4/c1-3-13-31(14-4-1)41-35-21-19-28(24-38(35)44-34-18-10-8-12-30(34)25-39(41)44)27-20-22-36-37(23-27)42(32-15-5-2-6-16-32)40-26-29-11-7-9-17-33(29)43(36)40/h1-26H. The second-order valence-electron chi connectivity index (χ2n) is 11.5. The molecule has 0 saturated heterocycles. The molecule has 0 saturated carbocycles. The third-order valence-electron chi connectivity index (χ3n) is 9.12. The summed E-state index contributed by atoms with van der Waals surface area (Å²) < 4.78 is 9.56. The molecule has 206 valence electrons. The Labute approximate surface area is 252 Å². The Morgan fingerprint density at radius 1 is 0.295 bits per heavy atom. The average molecular weight is 563 g/mol. The molecule has 0 bridgehead atoms. The molecule has 0 atom stereocenters. The normalized spacial score (nSPS) is 12.1. The van der Waals surface area contributed by atoms with Crippen molar-refractivity contribution < 1.29 is 0 Å². The van der Waals surface area contributed by atoms with Crippen LogP contribution in [-0.4, -0.2) is 17.9 Å². The molecule has 4 aromatic heterocycles. The Bertz CT molecular complexity index is 2700. The largest absolute Gasteiger partial charge is 0.294 e. The Kier molecular flexibility index (Phi) is 4.69. The first-order valence-electron chi connectivity index (χ1n) is 15.0. The van der Waals surface area contributed by atoms with E-state index in [-0.39, 0.29) is 0 Å². The van der Waals surface area contributed by atoms with Crippen LogP contribution in [0.4, 0.5) is 0 Å². The number of para-hydroxylation sites is 4. The summed E-state index contributed by atoms with van der Waals surface area (Å²) >= 11 is 0. The van der Waals surface area contributed by atoms with Crippen LogP contribution in [0, 0.1) is 0 Å². The highest BCUT2D eigenvalue weighted by Gasteiger charge is 2.19. The number of fused-ring (bicyclic) bond motifs is 10. The van der Waals surface area contributed by atoms with Gasteiger partial charge in [-0.05, 0) is 83.9 Å².